The lowest BCUT2D eigenvalue weighted by molar-refractivity contribution is 0.0327. The van der Waals surface area contributed by atoms with Gasteiger partial charge in [-0.15, -0.1) is 0 Å². The van der Waals surface area contributed by atoms with Gasteiger partial charge in [-0.25, -0.2) is 4.98 Å². The minimum Gasteiger partial charge on any atom is -0.472 e. The van der Waals surface area contributed by atoms with Crippen molar-refractivity contribution < 1.29 is 19.7 Å². The van der Waals surface area contributed by atoms with E-state index in [9.17, 15) is 15.0 Å². The second-order valence-electron chi connectivity index (χ2n) is 10.4. The Labute approximate surface area is 197 Å². The molecule has 1 aromatic rings. The fourth-order valence-electron chi connectivity index (χ4n) is 4.78. The van der Waals surface area contributed by atoms with Gasteiger partial charge >= 0.3 is 0 Å². The molecule has 3 aliphatic rings. The monoisotopic (exact) mass is 455 g/mol. The number of likely N-dealkylation sites (N-methyl/N-ethyl adjacent to an activating group) is 1. The second-order valence-corrected chi connectivity index (χ2v) is 10.4. The number of pyridine rings is 1. The summed E-state index contributed by atoms with van der Waals surface area (Å²) in [4.78, 5) is 22.0. The lowest BCUT2D eigenvalue weighted by Crippen LogP contribution is -2.50. The molecular formula is C26H37N3O4. The van der Waals surface area contributed by atoms with Crippen molar-refractivity contribution in [2.24, 2.45) is 11.8 Å². The topological polar surface area (TPSA) is 86.1 Å². The van der Waals surface area contributed by atoms with Gasteiger partial charge in [-0.05, 0) is 64.5 Å². The van der Waals surface area contributed by atoms with Crippen molar-refractivity contribution in [1.29, 1.82) is 0 Å². The molecule has 0 spiro atoms. The maximum Gasteiger partial charge on any atom is 0.259 e. The van der Waals surface area contributed by atoms with Crippen LogP contribution in [-0.4, -0.2) is 81.9 Å². The molecule has 0 bridgehead atoms. The van der Waals surface area contributed by atoms with E-state index in [1.165, 1.54) is 12.8 Å². The first-order chi connectivity index (χ1) is 15.8. The standard InChI is InChI=1S/C26H37N3O4/c1-18-14-29(19(2)17-30)25(31)22-12-21(8-11-26(32)9-4-5-10-26)13-27-24(22)33-23(18)16-28(3)15-20-6-7-20/h12-13,18-20,23,30,32H,4-7,9-10,14-17H2,1-3H3/t18-,19+,23-/m0/s1. The maximum absolute atomic E-state index is 13.5. The van der Waals surface area contributed by atoms with E-state index >= 15 is 0 Å². The zero-order valence-electron chi connectivity index (χ0n) is 20.1. The summed E-state index contributed by atoms with van der Waals surface area (Å²) in [5, 5.41) is 20.4. The smallest absolute Gasteiger partial charge is 0.259 e. The zero-order valence-corrected chi connectivity index (χ0v) is 20.1. The molecule has 180 valence electrons. The molecule has 0 aromatic carbocycles. The molecule has 7 heteroatoms. The van der Waals surface area contributed by atoms with Crippen LogP contribution in [-0.2, 0) is 0 Å². The summed E-state index contributed by atoms with van der Waals surface area (Å²) in [5.74, 6) is 6.99. The van der Waals surface area contributed by atoms with Crippen molar-refractivity contribution in [3.63, 3.8) is 0 Å². The van der Waals surface area contributed by atoms with Crippen molar-refractivity contribution in [3.8, 4) is 17.7 Å². The maximum atomic E-state index is 13.5. The SMILES string of the molecule is C[C@H](CO)N1C[C@H](C)[C@H](CN(C)CC2CC2)Oc2ncc(C#CC3(O)CCCC3)cc2C1=O. The molecule has 0 saturated heterocycles. The minimum atomic E-state index is -0.950. The number of aliphatic hydroxyl groups excluding tert-OH is 1. The number of fused-ring (bicyclic) bond motifs is 1. The number of ether oxygens (including phenoxy) is 1. The van der Waals surface area contributed by atoms with Gasteiger partial charge in [0.1, 0.15) is 17.3 Å². The summed E-state index contributed by atoms with van der Waals surface area (Å²) >= 11 is 0. The van der Waals surface area contributed by atoms with E-state index in [1.807, 2.05) is 6.92 Å². The summed E-state index contributed by atoms with van der Waals surface area (Å²) < 4.78 is 6.35. The lowest BCUT2D eigenvalue weighted by Gasteiger charge is -2.37. The van der Waals surface area contributed by atoms with E-state index < -0.39 is 5.60 Å². The molecule has 2 N–H and O–H groups in total. The molecule has 2 saturated carbocycles. The number of hydrogen-bond donors (Lipinski definition) is 2. The van der Waals surface area contributed by atoms with Crippen LogP contribution in [0.25, 0.3) is 0 Å². The first-order valence-electron chi connectivity index (χ1n) is 12.3. The summed E-state index contributed by atoms with van der Waals surface area (Å²) in [7, 11) is 2.12. The number of carbonyl (C=O) groups excluding carboxylic acids is 1. The minimum absolute atomic E-state index is 0.0793. The van der Waals surface area contributed by atoms with E-state index in [4.69, 9.17) is 4.74 Å². The Morgan fingerprint density at radius 2 is 2.06 bits per heavy atom. The molecule has 1 aromatic heterocycles. The van der Waals surface area contributed by atoms with Crippen LogP contribution >= 0.6 is 0 Å². The highest BCUT2D eigenvalue weighted by Gasteiger charge is 2.35. The van der Waals surface area contributed by atoms with Gasteiger partial charge in [0, 0.05) is 37.3 Å². The third-order valence-corrected chi connectivity index (χ3v) is 7.15. The molecule has 0 unspecified atom stereocenters. The van der Waals surface area contributed by atoms with E-state index in [-0.39, 0.29) is 30.6 Å². The van der Waals surface area contributed by atoms with Crippen molar-refractivity contribution in [1.82, 2.24) is 14.8 Å². The number of carbonyl (C=O) groups is 1. The average Bonchev–Trinajstić information content (AvgIpc) is 3.50. The molecule has 7 nitrogen and oxygen atoms in total. The van der Waals surface area contributed by atoms with Gasteiger partial charge in [-0.1, -0.05) is 18.8 Å². The molecule has 0 radical (unpaired) electrons. The number of aliphatic hydroxyl groups is 2. The van der Waals surface area contributed by atoms with Gasteiger partial charge in [-0.3, -0.25) is 4.79 Å². The Kier molecular flexibility index (Phi) is 7.28. The summed E-state index contributed by atoms with van der Waals surface area (Å²) in [6.07, 6.45) is 7.39. The molecule has 2 heterocycles. The fourth-order valence-corrected chi connectivity index (χ4v) is 4.78. The van der Waals surface area contributed by atoms with Crippen LogP contribution in [0.5, 0.6) is 5.88 Å². The molecule has 1 aliphatic heterocycles. The summed E-state index contributed by atoms with van der Waals surface area (Å²) in [5.41, 5.74) is -0.00423. The highest BCUT2D eigenvalue weighted by Crippen LogP contribution is 2.31. The van der Waals surface area contributed by atoms with E-state index in [0.29, 0.717) is 36.4 Å². The van der Waals surface area contributed by atoms with Crippen LogP contribution in [0, 0.1) is 23.7 Å². The zero-order chi connectivity index (χ0) is 23.6. The summed E-state index contributed by atoms with van der Waals surface area (Å²) in [6.45, 7) is 6.14. The summed E-state index contributed by atoms with van der Waals surface area (Å²) in [6, 6.07) is 1.40. The predicted molar refractivity (Wildman–Crippen MR) is 126 cm³/mol. The van der Waals surface area contributed by atoms with Crippen LogP contribution in [0.1, 0.15) is 68.3 Å². The second kappa shape index (κ2) is 10.0. The number of nitrogens with zero attached hydrogens (tertiary/aromatic N) is 3. The van der Waals surface area contributed by atoms with Gasteiger partial charge in [0.25, 0.3) is 5.91 Å². The number of rotatable bonds is 6. The Balaban J connectivity index is 1.63. The molecule has 33 heavy (non-hydrogen) atoms. The predicted octanol–water partition coefficient (Wildman–Crippen LogP) is 2.30. The van der Waals surface area contributed by atoms with Crippen molar-refractivity contribution in [2.45, 2.75) is 70.1 Å². The van der Waals surface area contributed by atoms with Crippen LogP contribution < -0.4 is 4.74 Å². The number of amides is 1. The molecular weight excluding hydrogens is 418 g/mol. The van der Waals surface area contributed by atoms with Gasteiger partial charge in [0.15, 0.2) is 0 Å². The number of hydrogen-bond acceptors (Lipinski definition) is 6. The third-order valence-electron chi connectivity index (χ3n) is 7.15. The van der Waals surface area contributed by atoms with Gasteiger partial charge in [0.05, 0.1) is 12.6 Å². The van der Waals surface area contributed by atoms with Gasteiger partial charge in [0.2, 0.25) is 5.88 Å². The molecule has 2 aliphatic carbocycles. The Morgan fingerprint density at radius 3 is 2.73 bits per heavy atom. The molecule has 1 amide bonds. The van der Waals surface area contributed by atoms with Gasteiger partial charge < -0.3 is 24.7 Å². The molecule has 3 atom stereocenters. The lowest BCUT2D eigenvalue weighted by atomic mass is 9.99. The average molecular weight is 456 g/mol. The largest absolute Gasteiger partial charge is 0.472 e. The first kappa shape index (κ1) is 24.0. The Morgan fingerprint density at radius 1 is 1.33 bits per heavy atom. The van der Waals surface area contributed by atoms with Crippen molar-refractivity contribution in [3.05, 3.63) is 23.4 Å². The van der Waals surface area contributed by atoms with Gasteiger partial charge in [-0.2, -0.15) is 0 Å². The number of aromatic nitrogens is 1. The van der Waals surface area contributed by atoms with Crippen molar-refractivity contribution in [2.75, 3.05) is 33.3 Å². The van der Waals surface area contributed by atoms with Crippen LogP contribution in [0.2, 0.25) is 0 Å². The van der Waals surface area contributed by atoms with E-state index in [0.717, 1.165) is 31.8 Å². The van der Waals surface area contributed by atoms with E-state index in [1.54, 1.807) is 17.2 Å². The Hall–Kier alpha value is -2.14. The molecule has 4 rings (SSSR count). The Bertz CT molecular complexity index is 914. The third kappa shape index (κ3) is 5.87. The van der Waals surface area contributed by atoms with Crippen LogP contribution in [0.4, 0.5) is 0 Å². The van der Waals surface area contributed by atoms with Crippen LogP contribution in [0.15, 0.2) is 12.3 Å². The highest BCUT2D eigenvalue weighted by molar-refractivity contribution is 5.97. The fraction of sp³-hybridized carbons (Fsp3) is 0.692. The highest BCUT2D eigenvalue weighted by atomic mass is 16.5. The van der Waals surface area contributed by atoms with Crippen molar-refractivity contribution >= 4 is 5.91 Å². The normalized spacial score (nSPS) is 25.5. The molecule has 2 fully saturated rings. The first-order valence-corrected chi connectivity index (χ1v) is 12.3. The van der Waals surface area contributed by atoms with Crippen LogP contribution in [0.3, 0.4) is 0 Å². The van der Waals surface area contributed by atoms with E-state index in [2.05, 4.69) is 35.7 Å². The quantitative estimate of drug-likeness (QED) is 0.641.